The van der Waals surface area contributed by atoms with E-state index in [9.17, 15) is 19.2 Å². The lowest BCUT2D eigenvalue weighted by atomic mass is 10.1. The Labute approximate surface area is 220 Å². The normalized spacial score (nSPS) is 15.0. The molecular formula is C29H29N3O6. The Kier molecular flexibility index (Phi) is 8.06. The van der Waals surface area contributed by atoms with Crippen LogP contribution < -0.4 is 15.0 Å². The maximum atomic E-state index is 13.6. The molecule has 1 heterocycles. The summed E-state index contributed by atoms with van der Waals surface area (Å²) in [4.78, 5) is 54.7. The van der Waals surface area contributed by atoms with Crippen molar-refractivity contribution in [1.29, 1.82) is 0 Å². The van der Waals surface area contributed by atoms with Crippen molar-refractivity contribution in [2.75, 3.05) is 23.9 Å². The molecule has 1 fully saturated rings. The van der Waals surface area contributed by atoms with Crippen LogP contribution in [0.4, 0.5) is 16.2 Å². The number of hydrogen-bond acceptors (Lipinski definition) is 6. The topological polar surface area (TPSA) is 105 Å². The van der Waals surface area contributed by atoms with Gasteiger partial charge >= 0.3 is 12.0 Å². The van der Waals surface area contributed by atoms with Gasteiger partial charge in [0.25, 0.3) is 5.91 Å². The minimum atomic E-state index is -1.03. The summed E-state index contributed by atoms with van der Waals surface area (Å²) in [6.07, 6.45) is -0.263. The number of carbonyl (C=O) groups excluding carboxylic acids is 4. The van der Waals surface area contributed by atoms with Crippen LogP contribution in [-0.4, -0.2) is 48.5 Å². The maximum Gasteiger partial charge on any atom is 0.338 e. The largest absolute Gasteiger partial charge is 0.497 e. The van der Waals surface area contributed by atoms with Crippen molar-refractivity contribution in [3.63, 3.8) is 0 Å². The van der Waals surface area contributed by atoms with E-state index in [0.717, 1.165) is 16.0 Å². The lowest BCUT2D eigenvalue weighted by molar-refractivity contribution is -0.124. The van der Waals surface area contributed by atoms with Crippen LogP contribution in [0.5, 0.6) is 5.75 Å². The molecule has 1 N–H and O–H groups in total. The summed E-state index contributed by atoms with van der Waals surface area (Å²) in [7, 11) is 1.55. The fraction of sp³-hybridized carbons (Fsp3) is 0.241. The van der Waals surface area contributed by atoms with Gasteiger partial charge in [0.2, 0.25) is 5.91 Å². The molecule has 0 aromatic heterocycles. The molecule has 4 rings (SSSR count). The molecule has 9 nitrogen and oxygen atoms in total. The molecule has 0 saturated carbocycles. The van der Waals surface area contributed by atoms with Gasteiger partial charge in [-0.25, -0.2) is 14.5 Å². The van der Waals surface area contributed by atoms with Crippen molar-refractivity contribution in [1.82, 2.24) is 4.90 Å². The molecule has 0 unspecified atom stereocenters. The Morgan fingerprint density at radius 3 is 2.47 bits per heavy atom. The Bertz CT molecular complexity index is 1370. The Morgan fingerprint density at radius 1 is 0.974 bits per heavy atom. The fourth-order valence-corrected chi connectivity index (χ4v) is 4.31. The second-order valence-corrected chi connectivity index (χ2v) is 8.84. The Balaban J connectivity index is 1.59. The maximum absolute atomic E-state index is 13.6. The van der Waals surface area contributed by atoms with Crippen molar-refractivity contribution in [3.8, 4) is 5.75 Å². The number of benzene rings is 3. The number of nitrogens with one attached hydrogen (secondary N) is 1. The highest BCUT2D eigenvalue weighted by Crippen LogP contribution is 2.30. The minimum absolute atomic E-state index is 0.111. The molecule has 3 aromatic carbocycles. The van der Waals surface area contributed by atoms with Crippen LogP contribution in [0.2, 0.25) is 0 Å². The predicted molar refractivity (Wildman–Crippen MR) is 142 cm³/mol. The van der Waals surface area contributed by atoms with E-state index < -0.39 is 29.9 Å². The molecule has 0 aliphatic carbocycles. The lowest BCUT2D eigenvalue weighted by Gasteiger charge is -2.22. The van der Waals surface area contributed by atoms with Crippen LogP contribution in [0, 0.1) is 6.92 Å². The monoisotopic (exact) mass is 515 g/mol. The summed E-state index contributed by atoms with van der Waals surface area (Å²) in [6.45, 7) is 3.92. The van der Waals surface area contributed by atoms with Gasteiger partial charge in [-0.15, -0.1) is 0 Å². The smallest absolute Gasteiger partial charge is 0.338 e. The molecule has 196 valence electrons. The van der Waals surface area contributed by atoms with Gasteiger partial charge < -0.3 is 19.7 Å². The first kappa shape index (κ1) is 26.4. The van der Waals surface area contributed by atoms with Gasteiger partial charge in [0, 0.05) is 12.2 Å². The highest BCUT2D eigenvalue weighted by molar-refractivity contribution is 6.22. The van der Waals surface area contributed by atoms with E-state index in [1.54, 1.807) is 68.6 Å². The summed E-state index contributed by atoms with van der Waals surface area (Å²) in [5.74, 6) is -0.844. The van der Waals surface area contributed by atoms with Crippen LogP contribution >= 0.6 is 0 Å². The summed E-state index contributed by atoms with van der Waals surface area (Å²) in [5, 5.41) is 2.73. The van der Waals surface area contributed by atoms with Gasteiger partial charge in [-0.3, -0.25) is 9.59 Å². The van der Waals surface area contributed by atoms with Gasteiger partial charge in [-0.2, -0.15) is 0 Å². The van der Waals surface area contributed by atoms with Crippen LogP contribution in [0.25, 0.3) is 0 Å². The fourth-order valence-electron chi connectivity index (χ4n) is 4.31. The van der Waals surface area contributed by atoms with Crippen LogP contribution in [0.1, 0.15) is 34.8 Å². The van der Waals surface area contributed by atoms with Crippen molar-refractivity contribution in [3.05, 3.63) is 89.5 Å². The number of urea groups is 1. The van der Waals surface area contributed by atoms with Crippen LogP contribution in [0.15, 0.2) is 72.8 Å². The summed E-state index contributed by atoms with van der Waals surface area (Å²) in [6, 6.07) is 19.1. The highest BCUT2D eigenvalue weighted by Gasteiger charge is 2.46. The highest BCUT2D eigenvalue weighted by atomic mass is 16.5. The molecule has 1 aliphatic heterocycles. The molecule has 1 atom stereocenters. The molecule has 1 saturated heterocycles. The number of imide groups is 1. The number of aryl methyl sites for hydroxylation is 1. The molecule has 3 aromatic rings. The van der Waals surface area contributed by atoms with E-state index in [1.165, 1.54) is 11.0 Å². The van der Waals surface area contributed by atoms with Crippen molar-refractivity contribution < 1.29 is 28.7 Å². The van der Waals surface area contributed by atoms with Gasteiger partial charge in [-0.05, 0) is 67.4 Å². The molecule has 1 aliphatic rings. The number of anilines is 2. The molecule has 0 bridgehead atoms. The molecule has 4 amide bonds. The molecule has 0 spiro atoms. The minimum Gasteiger partial charge on any atom is -0.497 e. The number of hydrogen-bond donors (Lipinski definition) is 1. The number of ether oxygens (including phenoxy) is 2. The SMILES string of the molecule is CCOC(=O)c1cccc(NC(=O)C[C@H]2C(=O)N(c3cccc(C)c3)C(=O)N2Cc2cccc(OC)c2)c1. The van der Waals surface area contributed by atoms with E-state index in [-0.39, 0.29) is 19.6 Å². The van der Waals surface area contributed by atoms with Crippen LogP contribution in [-0.2, 0) is 20.9 Å². The predicted octanol–water partition coefficient (Wildman–Crippen LogP) is 4.55. The average molecular weight is 516 g/mol. The number of rotatable bonds is 9. The van der Waals surface area contributed by atoms with E-state index in [4.69, 9.17) is 9.47 Å². The average Bonchev–Trinajstić information content (AvgIpc) is 3.12. The third-order valence-electron chi connectivity index (χ3n) is 6.10. The summed E-state index contributed by atoms with van der Waals surface area (Å²) < 4.78 is 10.3. The first-order valence-corrected chi connectivity index (χ1v) is 12.2. The van der Waals surface area contributed by atoms with Gasteiger partial charge in [0.1, 0.15) is 11.8 Å². The van der Waals surface area contributed by atoms with Crippen molar-refractivity contribution in [2.24, 2.45) is 0 Å². The second kappa shape index (κ2) is 11.6. The molecule has 9 heteroatoms. The van der Waals surface area contributed by atoms with Crippen molar-refractivity contribution >= 4 is 35.2 Å². The number of nitrogens with zero attached hydrogens (tertiary/aromatic N) is 2. The quantitative estimate of drug-likeness (QED) is 0.331. The van der Waals surface area contributed by atoms with E-state index >= 15 is 0 Å². The third kappa shape index (κ3) is 5.83. The first-order chi connectivity index (χ1) is 18.3. The molecule has 38 heavy (non-hydrogen) atoms. The molecular weight excluding hydrogens is 486 g/mol. The summed E-state index contributed by atoms with van der Waals surface area (Å²) >= 11 is 0. The Hall–Kier alpha value is -4.66. The van der Waals surface area contributed by atoms with E-state index in [0.29, 0.717) is 22.7 Å². The van der Waals surface area contributed by atoms with Gasteiger partial charge in [-0.1, -0.05) is 30.3 Å². The zero-order chi connectivity index (χ0) is 27.2. The first-order valence-electron chi connectivity index (χ1n) is 12.2. The van der Waals surface area contributed by atoms with Crippen molar-refractivity contribution in [2.45, 2.75) is 32.9 Å². The number of carbonyl (C=O) groups is 4. The van der Waals surface area contributed by atoms with E-state index in [2.05, 4.69) is 5.32 Å². The lowest BCUT2D eigenvalue weighted by Crippen LogP contribution is -2.37. The zero-order valence-corrected chi connectivity index (χ0v) is 21.5. The second-order valence-electron chi connectivity index (χ2n) is 8.84. The van der Waals surface area contributed by atoms with Crippen LogP contribution in [0.3, 0.4) is 0 Å². The third-order valence-corrected chi connectivity index (χ3v) is 6.10. The van der Waals surface area contributed by atoms with Gasteiger partial charge in [0.15, 0.2) is 0 Å². The molecule has 0 radical (unpaired) electrons. The standard InChI is InChI=1S/C29H29N3O6/c1-4-38-28(35)21-10-7-11-22(16-21)30-26(33)17-25-27(34)32(23-12-5-8-19(2)14-23)29(36)31(25)18-20-9-6-13-24(15-20)37-3/h5-16,25H,4,17-18H2,1-3H3,(H,30,33)/t25-/m0/s1. The zero-order valence-electron chi connectivity index (χ0n) is 21.5. The Morgan fingerprint density at radius 2 is 1.74 bits per heavy atom. The van der Waals surface area contributed by atoms with Gasteiger partial charge in [0.05, 0.1) is 31.4 Å². The summed E-state index contributed by atoms with van der Waals surface area (Å²) in [5.41, 5.74) is 2.77. The van der Waals surface area contributed by atoms with E-state index in [1.807, 2.05) is 19.1 Å². The number of amides is 4. The number of methoxy groups -OCH3 is 1. The number of esters is 1.